The van der Waals surface area contributed by atoms with Crippen LogP contribution in [-0.2, 0) is 6.42 Å². The van der Waals surface area contributed by atoms with E-state index in [1.165, 1.54) is 6.07 Å². The zero-order valence-electron chi connectivity index (χ0n) is 10.0. The third-order valence-corrected chi connectivity index (χ3v) is 3.04. The monoisotopic (exact) mass is 234 g/mol. The van der Waals surface area contributed by atoms with E-state index >= 15 is 0 Å². The lowest BCUT2D eigenvalue weighted by Crippen LogP contribution is -2.43. The molecule has 0 aromatic heterocycles. The normalized spacial score (nSPS) is 17.7. The number of allylic oxidation sites excluding steroid dienone is 1. The van der Waals surface area contributed by atoms with Crippen LogP contribution >= 0.6 is 0 Å². The number of nitrogens with zero attached hydrogens (tertiary/aromatic N) is 1. The van der Waals surface area contributed by atoms with Gasteiger partial charge >= 0.3 is 0 Å². The Labute approximate surface area is 102 Å². The van der Waals surface area contributed by atoms with Gasteiger partial charge in [-0.2, -0.15) is 0 Å². The number of nitrogens with one attached hydrogen (secondary N) is 1. The Morgan fingerprint density at radius 3 is 2.71 bits per heavy atom. The second-order valence-electron chi connectivity index (χ2n) is 4.32. The summed E-state index contributed by atoms with van der Waals surface area (Å²) in [6.45, 7) is 5.31. The molecule has 1 aliphatic rings. The minimum Gasteiger partial charge on any atom is -0.314 e. The van der Waals surface area contributed by atoms with Gasteiger partial charge in [0, 0.05) is 32.7 Å². The molecule has 0 aliphatic carbocycles. The van der Waals surface area contributed by atoms with Crippen LogP contribution in [0.5, 0.6) is 0 Å². The highest BCUT2D eigenvalue weighted by atomic mass is 19.1. The molecule has 0 saturated carbocycles. The summed E-state index contributed by atoms with van der Waals surface area (Å²) < 4.78 is 13.3. The Bertz CT molecular complexity index is 370. The van der Waals surface area contributed by atoms with E-state index in [9.17, 15) is 4.39 Å². The first-order chi connectivity index (χ1) is 8.36. The second kappa shape index (κ2) is 6.52. The Morgan fingerprint density at radius 2 is 1.94 bits per heavy atom. The van der Waals surface area contributed by atoms with Gasteiger partial charge in [0.05, 0.1) is 0 Å². The van der Waals surface area contributed by atoms with E-state index in [1.807, 2.05) is 12.1 Å². The fourth-order valence-corrected chi connectivity index (χ4v) is 1.99. The lowest BCUT2D eigenvalue weighted by molar-refractivity contribution is 0.264. The first-order valence-corrected chi connectivity index (χ1v) is 6.18. The molecule has 0 unspecified atom stereocenters. The molecule has 2 rings (SSSR count). The summed E-state index contributed by atoms with van der Waals surface area (Å²) in [7, 11) is 0. The quantitative estimate of drug-likeness (QED) is 0.800. The first-order valence-electron chi connectivity index (χ1n) is 6.18. The summed E-state index contributed by atoms with van der Waals surface area (Å²) >= 11 is 0. The Kier molecular flexibility index (Phi) is 4.71. The fraction of sp³-hybridized carbons (Fsp3) is 0.429. The van der Waals surface area contributed by atoms with Gasteiger partial charge in [0.15, 0.2) is 0 Å². The average Bonchev–Trinajstić information content (AvgIpc) is 2.38. The van der Waals surface area contributed by atoms with E-state index in [0.29, 0.717) is 6.42 Å². The van der Waals surface area contributed by atoms with E-state index < -0.39 is 0 Å². The highest BCUT2D eigenvalue weighted by Gasteiger charge is 2.06. The van der Waals surface area contributed by atoms with Gasteiger partial charge in [0.1, 0.15) is 5.82 Å². The standard InChI is InChI=1S/C14H19FN2/c15-14-7-2-1-5-13(14)6-3-4-10-17-11-8-16-9-12-17/h1-5,7,16H,6,8-12H2/b4-3-. The summed E-state index contributed by atoms with van der Waals surface area (Å²) in [6.07, 6.45) is 4.87. The molecule has 3 heteroatoms. The van der Waals surface area contributed by atoms with Crippen molar-refractivity contribution in [1.82, 2.24) is 10.2 Å². The molecule has 2 nitrogen and oxygen atoms in total. The van der Waals surface area contributed by atoms with E-state index in [4.69, 9.17) is 0 Å². The largest absolute Gasteiger partial charge is 0.314 e. The zero-order chi connectivity index (χ0) is 11.9. The molecule has 0 bridgehead atoms. The molecule has 1 fully saturated rings. The van der Waals surface area contributed by atoms with E-state index in [2.05, 4.69) is 22.4 Å². The van der Waals surface area contributed by atoms with Crippen molar-refractivity contribution in [3.8, 4) is 0 Å². The Morgan fingerprint density at radius 1 is 1.18 bits per heavy atom. The molecule has 17 heavy (non-hydrogen) atoms. The summed E-state index contributed by atoms with van der Waals surface area (Å²) in [4.78, 5) is 2.40. The van der Waals surface area contributed by atoms with Gasteiger partial charge in [0.2, 0.25) is 0 Å². The average molecular weight is 234 g/mol. The zero-order valence-corrected chi connectivity index (χ0v) is 10.0. The van der Waals surface area contributed by atoms with Crippen LogP contribution in [0.4, 0.5) is 4.39 Å². The Balaban J connectivity index is 1.76. The highest BCUT2D eigenvalue weighted by molar-refractivity contribution is 5.19. The Hall–Kier alpha value is -1.19. The number of piperazine rings is 1. The van der Waals surface area contributed by atoms with Crippen molar-refractivity contribution in [2.24, 2.45) is 0 Å². The lowest BCUT2D eigenvalue weighted by Gasteiger charge is -2.25. The molecular weight excluding hydrogens is 215 g/mol. The van der Waals surface area contributed by atoms with Crippen LogP contribution in [0.15, 0.2) is 36.4 Å². The van der Waals surface area contributed by atoms with Crippen molar-refractivity contribution in [3.63, 3.8) is 0 Å². The smallest absolute Gasteiger partial charge is 0.126 e. The van der Waals surface area contributed by atoms with Gasteiger partial charge in [-0.05, 0) is 18.1 Å². The molecule has 0 amide bonds. The molecule has 0 atom stereocenters. The summed E-state index contributed by atoms with van der Waals surface area (Å²) in [5, 5.41) is 3.32. The molecule has 1 saturated heterocycles. The van der Waals surface area contributed by atoms with Gasteiger partial charge in [-0.1, -0.05) is 30.4 Å². The predicted octanol–water partition coefficient (Wildman–Crippen LogP) is 1.83. The van der Waals surface area contributed by atoms with Crippen LogP contribution in [0, 0.1) is 5.82 Å². The van der Waals surface area contributed by atoms with Gasteiger partial charge in [-0.25, -0.2) is 4.39 Å². The predicted molar refractivity (Wildman–Crippen MR) is 68.6 cm³/mol. The second-order valence-corrected chi connectivity index (χ2v) is 4.32. The molecule has 1 aliphatic heterocycles. The van der Waals surface area contributed by atoms with E-state index in [0.717, 1.165) is 38.3 Å². The molecule has 0 spiro atoms. The SMILES string of the molecule is Fc1ccccc1C/C=C\CN1CCNCC1. The van der Waals surface area contributed by atoms with Crippen molar-refractivity contribution >= 4 is 0 Å². The highest BCUT2D eigenvalue weighted by Crippen LogP contribution is 2.07. The van der Waals surface area contributed by atoms with Crippen LogP contribution < -0.4 is 5.32 Å². The molecule has 1 N–H and O–H groups in total. The molecular formula is C14H19FN2. The van der Waals surface area contributed by atoms with E-state index in [1.54, 1.807) is 6.07 Å². The molecule has 1 aromatic carbocycles. The fourth-order valence-electron chi connectivity index (χ4n) is 1.99. The number of hydrogen-bond acceptors (Lipinski definition) is 2. The minimum absolute atomic E-state index is 0.112. The van der Waals surface area contributed by atoms with Crippen LogP contribution in [0.3, 0.4) is 0 Å². The summed E-state index contributed by atoms with van der Waals surface area (Å²) in [5.41, 5.74) is 0.768. The van der Waals surface area contributed by atoms with Gasteiger partial charge in [-0.3, -0.25) is 4.90 Å². The third-order valence-electron chi connectivity index (χ3n) is 3.04. The van der Waals surface area contributed by atoms with Crippen LogP contribution in [0.2, 0.25) is 0 Å². The van der Waals surface area contributed by atoms with Crippen LogP contribution in [0.1, 0.15) is 5.56 Å². The molecule has 0 radical (unpaired) electrons. The molecule has 1 aromatic rings. The molecule has 92 valence electrons. The van der Waals surface area contributed by atoms with Crippen molar-refractivity contribution in [2.45, 2.75) is 6.42 Å². The van der Waals surface area contributed by atoms with Gasteiger partial charge in [-0.15, -0.1) is 0 Å². The minimum atomic E-state index is -0.112. The van der Waals surface area contributed by atoms with Crippen molar-refractivity contribution in [1.29, 1.82) is 0 Å². The number of hydrogen-bond donors (Lipinski definition) is 1. The van der Waals surface area contributed by atoms with Crippen LogP contribution in [0.25, 0.3) is 0 Å². The van der Waals surface area contributed by atoms with Crippen molar-refractivity contribution in [3.05, 3.63) is 47.8 Å². The maximum absolute atomic E-state index is 13.3. The van der Waals surface area contributed by atoms with Crippen LogP contribution in [-0.4, -0.2) is 37.6 Å². The summed E-state index contributed by atoms with van der Waals surface area (Å²) in [6, 6.07) is 6.95. The number of halogens is 1. The van der Waals surface area contributed by atoms with Crippen molar-refractivity contribution < 1.29 is 4.39 Å². The number of benzene rings is 1. The van der Waals surface area contributed by atoms with E-state index in [-0.39, 0.29) is 5.82 Å². The summed E-state index contributed by atoms with van der Waals surface area (Å²) in [5.74, 6) is -0.112. The van der Waals surface area contributed by atoms with Gasteiger partial charge in [0.25, 0.3) is 0 Å². The maximum Gasteiger partial charge on any atom is 0.126 e. The first kappa shape index (κ1) is 12.3. The lowest BCUT2D eigenvalue weighted by atomic mass is 10.1. The molecule has 1 heterocycles. The maximum atomic E-state index is 13.3. The topological polar surface area (TPSA) is 15.3 Å². The van der Waals surface area contributed by atoms with Crippen molar-refractivity contribution in [2.75, 3.05) is 32.7 Å². The van der Waals surface area contributed by atoms with Gasteiger partial charge < -0.3 is 5.32 Å². The number of rotatable bonds is 4. The third kappa shape index (κ3) is 3.95.